The molecule has 2 rings (SSSR count). The predicted molar refractivity (Wildman–Crippen MR) is 72.0 cm³/mol. The van der Waals surface area contributed by atoms with E-state index < -0.39 is 23.6 Å². The minimum atomic E-state index is -4.37. The first-order valence-electron chi connectivity index (χ1n) is 6.84. The third-order valence-electron chi connectivity index (χ3n) is 4.06. The molecule has 1 heterocycles. The average Bonchev–Trinajstić information content (AvgIpc) is 2.83. The first-order valence-corrected chi connectivity index (χ1v) is 6.84. The van der Waals surface area contributed by atoms with E-state index in [0.29, 0.717) is 18.7 Å². The molecule has 0 saturated carbocycles. The molecule has 116 valence electrons. The molecule has 2 atom stereocenters. The van der Waals surface area contributed by atoms with Crippen LogP contribution >= 0.6 is 0 Å². The van der Waals surface area contributed by atoms with E-state index in [4.69, 9.17) is 0 Å². The normalized spacial score (nSPS) is 23.7. The number of hydrogen-bond donors (Lipinski definition) is 1. The molecule has 21 heavy (non-hydrogen) atoms. The summed E-state index contributed by atoms with van der Waals surface area (Å²) < 4.78 is 37.7. The third kappa shape index (κ3) is 3.37. The maximum Gasteiger partial charge on any atom is 0.416 e. The molecule has 1 saturated heterocycles. The maximum atomic E-state index is 12.6. The van der Waals surface area contributed by atoms with Crippen LogP contribution in [0.1, 0.15) is 30.9 Å². The summed E-state index contributed by atoms with van der Waals surface area (Å²) in [5.74, 6) is -1.75. The molecule has 1 aliphatic heterocycles. The SMILES string of the molecule is CC(C)N1CC(C(=O)O)C(c2ccc(C(F)(F)F)cc2)C1. The molecule has 0 aliphatic carbocycles. The lowest BCUT2D eigenvalue weighted by Crippen LogP contribution is -2.29. The lowest BCUT2D eigenvalue weighted by atomic mass is 9.88. The summed E-state index contributed by atoms with van der Waals surface area (Å²) in [6, 6.07) is 5.05. The highest BCUT2D eigenvalue weighted by Gasteiger charge is 2.39. The Morgan fingerprint density at radius 3 is 2.24 bits per heavy atom. The quantitative estimate of drug-likeness (QED) is 0.932. The van der Waals surface area contributed by atoms with Gasteiger partial charge in [0.1, 0.15) is 0 Å². The number of benzene rings is 1. The number of rotatable bonds is 3. The number of nitrogens with zero attached hydrogens (tertiary/aromatic N) is 1. The van der Waals surface area contributed by atoms with Crippen LogP contribution in [0.2, 0.25) is 0 Å². The van der Waals surface area contributed by atoms with Gasteiger partial charge in [0.15, 0.2) is 0 Å². The number of carboxylic acid groups (broad SMARTS) is 1. The number of carboxylic acids is 1. The summed E-state index contributed by atoms with van der Waals surface area (Å²) in [7, 11) is 0. The van der Waals surface area contributed by atoms with E-state index in [1.165, 1.54) is 12.1 Å². The Morgan fingerprint density at radius 2 is 1.81 bits per heavy atom. The van der Waals surface area contributed by atoms with Gasteiger partial charge in [-0.3, -0.25) is 9.69 Å². The minimum Gasteiger partial charge on any atom is -0.481 e. The van der Waals surface area contributed by atoms with E-state index in [1.807, 2.05) is 18.7 Å². The van der Waals surface area contributed by atoms with Gasteiger partial charge in [-0.1, -0.05) is 12.1 Å². The molecule has 0 radical (unpaired) electrons. The lowest BCUT2D eigenvalue weighted by Gasteiger charge is -2.20. The van der Waals surface area contributed by atoms with Crippen molar-refractivity contribution < 1.29 is 23.1 Å². The van der Waals surface area contributed by atoms with Gasteiger partial charge in [-0.15, -0.1) is 0 Å². The summed E-state index contributed by atoms with van der Waals surface area (Å²) >= 11 is 0. The van der Waals surface area contributed by atoms with Crippen molar-refractivity contribution in [3.05, 3.63) is 35.4 Å². The van der Waals surface area contributed by atoms with Crippen LogP contribution < -0.4 is 0 Å². The van der Waals surface area contributed by atoms with Gasteiger partial charge in [-0.2, -0.15) is 13.2 Å². The zero-order valence-electron chi connectivity index (χ0n) is 11.9. The standard InChI is InChI=1S/C15H18F3NO2/c1-9(2)19-7-12(13(8-19)14(20)21)10-3-5-11(6-4-10)15(16,17)18/h3-6,9,12-13H,7-8H2,1-2H3,(H,20,21). The molecule has 0 bridgehead atoms. The molecule has 1 aliphatic rings. The second-order valence-corrected chi connectivity index (χ2v) is 5.72. The molecule has 1 aromatic carbocycles. The van der Waals surface area contributed by atoms with Gasteiger partial charge in [0.2, 0.25) is 0 Å². The van der Waals surface area contributed by atoms with Crippen LogP contribution in [0, 0.1) is 5.92 Å². The van der Waals surface area contributed by atoms with Crippen LogP contribution in [-0.4, -0.2) is 35.1 Å². The molecular weight excluding hydrogens is 283 g/mol. The smallest absolute Gasteiger partial charge is 0.416 e. The Labute approximate surface area is 121 Å². The van der Waals surface area contributed by atoms with Crippen LogP contribution in [-0.2, 0) is 11.0 Å². The third-order valence-corrected chi connectivity index (χ3v) is 4.06. The molecule has 0 aromatic heterocycles. The van der Waals surface area contributed by atoms with Crippen molar-refractivity contribution in [1.82, 2.24) is 4.90 Å². The first kappa shape index (κ1) is 15.8. The van der Waals surface area contributed by atoms with Crippen LogP contribution in [0.5, 0.6) is 0 Å². The number of aliphatic carboxylic acids is 1. The van der Waals surface area contributed by atoms with Crippen molar-refractivity contribution in [2.75, 3.05) is 13.1 Å². The second kappa shape index (κ2) is 5.67. The molecule has 1 aromatic rings. The number of alkyl halides is 3. The topological polar surface area (TPSA) is 40.5 Å². The van der Waals surface area contributed by atoms with Crippen molar-refractivity contribution in [3.63, 3.8) is 0 Å². The molecule has 3 nitrogen and oxygen atoms in total. The molecule has 0 amide bonds. The van der Waals surface area contributed by atoms with E-state index in [9.17, 15) is 23.1 Å². The first-order chi connectivity index (χ1) is 9.70. The largest absolute Gasteiger partial charge is 0.481 e. The van der Waals surface area contributed by atoms with Gasteiger partial charge in [0, 0.05) is 25.0 Å². The maximum absolute atomic E-state index is 12.6. The summed E-state index contributed by atoms with van der Waals surface area (Å²) in [6.07, 6.45) is -4.37. The summed E-state index contributed by atoms with van der Waals surface area (Å²) in [5, 5.41) is 9.32. The summed E-state index contributed by atoms with van der Waals surface area (Å²) in [4.78, 5) is 13.4. The fraction of sp³-hybridized carbons (Fsp3) is 0.533. The van der Waals surface area contributed by atoms with E-state index in [2.05, 4.69) is 0 Å². The highest BCUT2D eigenvalue weighted by Crippen LogP contribution is 2.36. The van der Waals surface area contributed by atoms with Crippen LogP contribution in [0.3, 0.4) is 0 Å². The fourth-order valence-corrected chi connectivity index (χ4v) is 2.76. The van der Waals surface area contributed by atoms with Crippen molar-refractivity contribution in [2.24, 2.45) is 5.92 Å². The van der Waals surface area contributed by atoms with Crippen molar-refractivity contribution in [1.29, 1.82) is 0 Å². The zero-order chi connectivity index (χ0) is 15.8. The van der Waals surface area contributed by atoms with Crippen LogP contribution in [0.25, 0.3) is 0 Å². The van der Waals surface area contributed by atoms with E-state index in [0.717, 1.165) is 12.1 Å². The number of hydrogen-bond acceptors (Lipinski definition) is 2. The van der Waals surface area contributed by atoms with Gasteiger partial charge in [0.25, 0.3) is 0 Å². The summed E-state index contributed by atoms with van der Waals surface area (Å²) in [6.45, 7) is 4.95. The fourth-order valence-electron chi connectivity index (χ4n) is 2.76. The molecular formula is C15H18F3NO2. The lowest BCUT2D eigenvalue weighted by molar-refractivity contribution is -0.142. The van der Waals surface area contributed by atoms with Gasteiger partial charge in [0.05, 0.1) is 11.5 Å². The van der Waals surface area contributed by atoms with Crippen LogP contribution in [0.15, 0.2) is 24.3 Å². The van der Waals surface area contributed by atoms with Gasteiger partial charge in [-0.05, 0) is 31.5 Å². The number of carbonyl (C=O) groups is 1. The predicted octanol–water partition coefficient (Wildman–Crippen LogP) is 3.21. The van der Waals surface area contributed by atoms with E-state index in [-0.39, 0.29) is 12.0 Å². The molecule has 6 heteroatoms. The Bertz CT molecular complexity index is 511. The van der Waals surface area contributed by atoms with Gasteiger partial charge in [-0.25, -0.2) is 0 Å². The molecule has 1 N–H and O–H groups in total. The minimum absolute atomic E-state index is 0.214. The molecule has 2 unspecified atom stereocenters. The molecule has 0 spiro atoms. The molecule has 1 fully saturated rings. The zero-order valence-corrected chi connectivity index (χ0v) is 11.9. The summed E-state index contributed by atoms with van der Waals surface area (Å²) in [5.41, 5.74) is -0.0598. The van der Waals surface area contributed by atoms with Crippen molar-refractivity contribution in [2.45, 2.75) is 32.0 Å². The van der Waals surface area contributed by atoms with Crippen molar-refractivity contribution in [3.8, 4) is 0 Å². The highest BCUT2D eigenvalue weighted by molar-refractivity contribution is 5.72. The van der Waals surface area contributed by atoms with Crippen LogP contribution in [0.4, 0.5) is 13.2 Å². The van der Waals surface area contributed by atoms with Crippen molar-refractivity contribution >= 4 is 5.97 Å². The van der Waals surface area contributed by atoms with E-state index >= 15 is 0 Å². The monoisotopic (exact) mass is 301 g/mol. The van der Waals surface area contributed by atoms with Gasteiger partial charge >= 0.3 is 12.1 Å². The number of likely N-dealkylation sites (tertiary alicyclic amines) is 1. The van der Waals surface area contributed by atoms with E-state index in [1.54, 1.807) is 0 Å². The average molecular weight is 301 g/mol. The Hall–Kier alpha value is -1.56. The number of halogens is 3. The van der Waals surface area contributed by atoms with Gasteiger partial charge < -0.3 is 5.11 Å². The highest BCUT2D eigenvalue weighted by atomic mass is 19.4. The Balaban J connectivity index is 2.25. The second-order valence-electron chi connectivity index (χ2n) is 5.72. The Kier molecular flexibility index (Phi) is 4.27. The Morgan fingerprint density at radius 1 is 1.24 bits per heavy atom.